The molecule has 0 spiro atoms. The van der Waals surface area contributed by atoms with Gasteiger partial charge < -0.3 is 19.3 Å². The Balaban J connectivity index is 3.05. The van der Waals surface area contributed by atoms with E-state index in [4.69, 9.17) is 14.2 Å². The molecular weight excluding hydrogens is 268 g/mol. The van der Waals surface area contributed by atoms with Crippen molar-refractivity contribution in [3.8, 4) is 0 Å². The van der Waals surface area contributed by atoms with Gasteiger partial charge in [0, 0.05) is 0 Å². The van der Waals surface area contributed by atoms with Crippen molar-refractivity contribution in [1.29, 1.82) is 0 Å². The van der Waals surface area contributed by atoms with Gasteiger partial charge >= 0.3 is 5.97 Å². The molecule has 1 rings (SSSR count). The molecule has 0 radical (unpaired) electrons. The summed E-state index contributed by atoms with van der Waals surface area (Å²) in [5.74, 6) is -1.67. The Kier molecular flexibility index (Phi) is 7.11. The van der Waals surface area contributed by atoms with Gasteiger partial charge in [-0.1, -0.05) is 26.7 Å². The third-order valence-corrected chi connectivity index (χ3v) is 4.32. The van der Waals surface area contributed by atoms with E-state index in [1.54, 1.807) is 0 Å². The van der Waals surface area contributed by atoms with Crippen LogP contribution in [-0.2, 0) is 14.2 Å². The Morgan fingerprint density at radius 3 is 1.71 bits per heavy atom. The van der Waals surface area contributed by atoms with Crippen molar-refractivity contribution in [2.24, 2.45) is 0 Å². The highest BCUT2D eigenvalue weighted by molar-refractivity contribution is 4.95. The second-order valence-electron chi connectivity index (χ2n) is 6.62. The van der Waals surface area contributed by atoms with E-state index in [-0.39, 0.29) is 18.3 Å². The molecule has 126 valence electrons. The highest BCUT2D eigenvalue weighted by atomic mass is 16.8. The van der Waals surface area contributed by atoms with Gasteiger partial charge in [-0.3, -0.25) is 0 Å². The fourth-order valence-corrected chi connectivity index (χ4v) is 2.86. The minimum Gasteiger partial charge on any atom is -0.364 e. The molecule has 0 bridgehead atoms. The number of aliphatic hydroxyl groups is 1. The van der Waals surface area contributed by atoms with Crippen LogP contribution in [0.2, 0.25) is 0 Å². The lowest BCUT2D eigenvalue weighted by Gasteiger charge is -2.46. The summed E-state index contributed by atoms with van der Waals surface area (Å²) in [6.07, 6.45) is 5.12. The van der Waals surface area contributed by atoms with Crippen molar-refractivity contribution in [2.75, 3.05) is 0 Å². The Bertz CT molecular complexity index is 285. The van der Waals surface area contributed by atoms with Gasteiger partial charge in [-0.05, 0) is 53.4 Å². The Morgan fingerprint density at radius 2 is 1.38 bits per heavy atom. The standard InChI is InChI=1S/C17H34O4/c1-7-14(5)20-17(18,21-15(6)8-2)16(19-13(3)4)11-9-10-12-16/h13-15,18H,7-12H2,1-6H3. The van der Waals surface area contributed by atoms with E-state index in [1.807, 2.05) is 41.5 Å². The summed E-state index contributed by atoms with van der Waals surface area (Å²) in [5, 5.41) is 11.2. The number of hydrogen-bond donors (Lipinski definition) is 1. The van der Waals surface area contributed by atoms with Crippen LogP contribution in [0.1, 0.15) is 80.1 Å². The van der Waals surface area contributed by atoms with Crippen molar-refractivity contribution in [3.05, 3.63) is 0 Å². The molecule has 4 nitrogen and oxygen atoms in total. The van der Waals surface area contributed by atoms with E-state index < -0.39 is 11.6 Å². The molecule has 1 aliphatic carbocycles. The van der Waals surface area contributed by atoms with E-state index in [9.17, 15) is 5.11 Å². The van der Waals surface area contributed by atoms with Crippen LogP contribution < -0.4 is 0 Å². The Labute approximate surface area is 130 Å². The Morgan fingerprint density at radius 1 is 0.952 bits per heavy atom. The second kappa shape index (κ2) is 7.91. The van der Waals surface area contributed by atoms with E-state index in [1.165, 1.54) is 0 Å². The molecule has 21 heavy (non-hydrogen) atoms. The predicted octanol–water partition coefficient (Wildman–Crippen LogP) is 4.00. The van der Waals surface area contributed by atoms with E-state index >= 15 is 0 Å². The maximum absolute atomic E-state index is 11.2. The normalized spacial score (nSPS) is 24.0. The molecule has 1 fully saturated rings. The zero-order valence-electron chi connectivity index (χ0n) is 14.6. The number of hydrogen-bond acceptors (Lipinski definition) is 4. The number of rotatable bonds is 9. The molecule has 0 saturated heterocycles. The molecule has 1 N–H and O–H groups in total. The first-order chi connectivity index (χ1) is 9.78. The quantitative estimate of drug-likeness (QED) is 0.654. The summed E-state index contributed by atoms with van der Waals surface area (Å²) in [5.41, 5.74) is -0.756. The maximum Gasteiger partial charge on any atom is 0.311 e. The minimum atomic E-state index is -1.67. The van der Waals surface area contributed by atoms with E-state index in [2.05, 4.69) is 0 Å². The van der Waals surface area contributed by atoms with Gasteiger partial charge in [0.1, 0.15) is 5.60 Å². The molecule has 4 heteroatoms. The molecule has 2 atom stereocenters. The van der Waals surface area contributed by atoms with E-state index in [0.717, 1.165) is 38.5 Å². The fourth-order valence-electron chi connectivity index (χ4n) is 2.86. The van der Waals surface area contributed by atoms with Gasteiger partial charge in [-0.2, -0.15) is 0 Å². The molecule has 0 aromatic carbocycles. The van der Waals surface area contributed by atoms with Gasteiger partial charge in [0.15, 0.2) is 0 Å². The van der Waals surface area contributed by atoms with Crippen LogP contribution in [-0.4, -0.2) is 35.0 Å². The largest absolute Gasteiger partial charge is 0.364 e. The first-order valence-corrected chi connectivity index (χ1v) is 8.54. The highest BCUT2D eigenvalue weighted by Crippen LogP contribution is 2.45. The van der Waals surface area contributed by atoms with Crippen molar-refractivity contribution >= 4 is 0 Å². The first kappa shape index (κ1) is 18.9. The van der Waals surface area contributed by atoms with Gasteiger partial charge in [0.25, 0.3) is 0 Å². The van der Waals surface area contributed by atoms with Gasteiger partial charge in [-0.25, -0.2) is 0 Å². The summed E-state index contributed by atoms with van der Waals surface area (Å²) in [6.45, 7) is 12.0. The monoisotopic (exact) mass is 302 g/mol. The van der Waals surface area contributed by atoms with Crippen LogP contribution in [0.4, 0.5) is 0 Å². The predicted molar refractivity (Wildman–Crippen MR) is 84.0 cm³/mol. The van der Waals surface area contributed by atoms with Crippen LogP contribution in [0.25, 0.3) is 0 Å². The zero-order chi connectivity index (χ0) is 16.1. The van der Waals surface area contributed by atoms with Crippen molar-refractivity contribution < 1.29 is 19.3 Å². The molecule has 0 aromatic heterocycles. The summed E-state index contributed by atoms with van der Waals surface area (Å²) < 4.78 is 18.1. The molecule has 0 heterocycles. The topological polar surface area (TPSA) is 47.9 Å². The second-order valence-corrected chi connectivity index (χ2v) is 6.62. The van der Waals surface area contributed by atoms with Crippen LogP contribution in [0.15, 0.2) is 0 Å². The summed E-state index contributed by atoms with van der Waals surface area (Å²) in [7, 11) is 0. The van der Waals surface area contributed by atoms with Crippen molar-refractivity contribution in [3.63, 3.8) is 0 Å². The molecule has 1 saturated carbocycles. The molecule has 2 unspecified atom stereocenters. The summed E-state index contributed by atoms with van der Waals surface area (Å²) in [4.78, 5) is 0. The van der Waals surface area contributed by atoms with Crippen molar-refractivity contribution in [1.82, 2.24) is 0 Å². The first-order valence-electron chi connectivity index (χ1n) is 8.54. The van der Waals surface area contributed by atoms with Gasteiger partial charge in [0.2, 0.25) is 0 Å². The third-order valence-electron chi connectivity index (χ3n) is 4.32. The Hall–Kier alpha value is -0.160. The van der Waals surface area contributed by atoms with Crippen LogP contribution in [0.3, 0.4) is 0 Å². The van der Waals surface area contributed by atoms with Crippen molar-refractivity contribution in [2.45, 2.75) is 110 Å². The molecule has 1 aliphatic rings. The van der Waals surface area contributed by atoms with E-state index in [0.29, 0.717) is 0 Å². The molecule has 0 aliphatic heterocycles. The lowest BCUT2D eigenvalue weighted by Crippen LogP contribution is -2.60. The lowest BCUT2D eigenvalue weighted by molar-refractivity contribution is -0.453. The van der Waals surface area contributed by atoms with Gasteiger partial charge in [0.05, 0.1) is 18.3 Å². The molecular formula is C17H34O4. The van der Waals surface area contributed by atoms with Crippen LogP contribution >= 0.6 is 0 Å². The lowest BCUT2D eigenvalue weighted by atomic mass is 9.97. The third kappa shape index (κ3) is 4.65. The number of ether oxygens (including phenoxy) is 3. The fraction of sp³-hybridized carbons (Fsp3) is 1.00. The molecule has 0 amide bonds. The van der Waals surface area contributed by atoms with Crippen LogP contribution in [0, 0.1) is 0 Å². The smallest absolute Gasteiger partial charge is 0.311 e. The average molecular weight is 302 g/mol. The zero-order valence-corrected chi connectivity index (χ0v) is 14.6. The SMILES string of the molecule is CCC(C)OC(O)(OC(C)CC)C1(OC(C)C)CCCC1. The van der Waals surface area contributed by atoms with Gasteiger partial charge in [-0.15, -0.1) is 0 Å². The molecule has 0 aromatic rings. The van der Waals surface area contributed by atoms with Crippen LogP contribution in [0.5, 0.6) is 0 Å². The maximum atomic E-state index is 11.2. The summed E-state index contributed by atoms with van der Waals surface area (Å²) >= 11 is 0. The minimum absolute atomic E-state index is 0.0238. The average Bonchev–Trinajstić information content (AvgIpc) is 2.87. The summed E-state index contributed by atoms with van der Waals surface area (Å²) in [6, 6.07) is 0. The highest BCUT2D eigenvalue weighted by Gasteiger charge is 2.57.